The van der Waals surface area contributed by atoms with Crippen molar-refractivity contribution in [3.05, 3.63) is 48.3 Å². The van der Waals surface area contributed by atoms with Gasteiger partial charge in [0.05, 0.1) is 25.1 Å². The molecule has 1 aromatic carbocycles. The Morgan fingerprint density at radius 1 is 1.24 bits per heavy atom. The number of hydrogen-bond donors (Lipinski definition) is 1. The molecule has 4 nitrogen and oxygen atoms in total. The molecule has 1 saturated heterocycles. The average molecular weight is 344 g/mol. The standard InChI is InChI=1S/C19H28N2O.C2H3N.H2/c1-17(21-12-14-22-15-13-21)20-16-19(10-6-3-7-11-19)18-8-4-2-5-9-18;1-2-3;/h2,4-5,8-9,20H,1,3,6-7,10-16H2;1H3;1H. The summed E-state index contributed by atoms with van der Waals surface area (Å²) in [6.45, 7) is 10.2. The van der Waals surface area contributed by atoms with Crippen LogP contribution in [0.5, 0.6) is 0 Å². The summed E-state index contributed by atoms with van der Waals surface area (Å²) in [7, 11) is 0. The number of benzene rings is 1. The van der Waals surface area contributed by atoms with Gasteiger partial charge in [-0.1, -0.05) is 56.2 Å². The summed E-state index contributed by atoms with van der Waals surface area (Å²) in [6, 6.07) is 12.8. The number of nitriles is 1. The van der Waals surface area contributed by atoms with Gasteiger partial charge in [0, 0.05) is 33.4 Å². The van der Waals surface area contributed by atoms with Gasteiger partial charge in [-0.3, -0.25) is 0 Å². The lowest BCUT2D eigenvalue weighted by atomic mass is 9.69. The summed E-state index contributed by atoms with van der Waals surface area (Å²) < 4.78 is 5.42. The molecule has 0 amide bonds. The molecule has 1 heterocycles. The predicted molar refractivity (Wildman–Crippen MR) is 104 cm³/mol. The first kappa shape index (κ1) is 19.3. The smallest absolute Gasteiger partial charge is 0.0940 e. The van der Waals surface area contributed by atoms with E-state index in [0.717, 1.165) is 38.7 Å². The minimum atomic E-state index is 0. The highest BCUT2D eigenvalue weighted by Gasteiger charge is 2.33. The van der Waals surface area contributed by atoms with E-state index in [1.165, 1.54) is 44.6 Å². The number of hydrogen-bond acceptors (Lipinski definition) is 4. The zero-order chi connectivity index (χ0) is 18.0. The van der Waals surface area contributed by atoms with Crippen molar-refractivity contribution >= 4 is 0 Å². The molecule has 0 radical (unpaired) electrons. The van der Waals surface area contributed by atoms with E-state index < -0.39 is 0 Å². The molecule has 0 aromatic heterocycles. The molecular weight excluding hydrogens is 310 g/mol. The van der Waals surface area contributed by atoms with Crippen molar-refractivity contribution in [3.8, 4) is 6.07 Å². The van der Waals surface area contributed by atoms with E-state index in [9.17, 15) is 0 Å². The third kappa shape index (κ3) is 5.51. The van der Waals surface area contributed by atoms with E-state index >= 15 is 0 Å². The fraction of sp³-hybridized carbons (Fsp3) is 0.571. The van der Waals surface area contributed by atoms with Crippen molar-refractivity contribution in [1.29, 1.82) is 5.26 Å². The van der Waals surface area contributed by atoms with Gasteiger partial charge in [-0.15, -0.1) is 0 Å². The number of morpholine rings is 1. The maximum absolute atomic E-state index is 7.32. The summed E-state index contributed by atoms with van der Waals surface area (Å²) in [6.07, 6.45) is 6.60. The van der Waals surface area contributed by atoms with E-state index in [1.54, 1.807) is 6.07 Å². The molecule has 1 aliphatic carbocycles. The monoisotopic (exact) mass is 343 g/mol. The van der Waals surface area contributed by atoms with Crippen LogP contribution in [0.2, 0.25) is 0 Å². The van der Waals surface area contributed by atoms with E-state index in [0.29, 0.717) is 0 Å². The molecule has 0 unspecified atom stereocenters. The number of rotatable bonds is 5. The Kier molecular flexibility index (Phi) is 7.81. The second-order valence-corrected chi connectivity index (χ2v) is 6.83. The number of ether oxygens (including phenoxy) is 1. The van der Waals surface area contributed by atoms with Gasteiger partial charge in [0.2, 0.25) is 0 Å². The van der Waals surface area contributed by atoms with Crippen molar-refractivity contribution in [3.63, 3.8) is 0 Å². The molecule has 1 aliphatic heterocycles. The SMILES string of the molecule is C=C(NCC1(c2ccccc2)CCCCC1)N1CCOCC1.CC#N.[HH]. The summed E-state index contributed by atoms with van der Waals surface area (Å²) >= 11 is 0. The first-order valence-corrected chi connectivity index (χ1v) is 9.34. The fourth-order valence-corrected chi connectivity index (χ4v) is 3.80. The van der Waals surface area contributed by atoms with Crippen LogP contribution in [0.1, 0.15) is 46.0 Å². The largest absolute Gasteiger partial charge is 0.378 e. The number of nitrogens with zero attached hydrogens (tertiary/aromatic N) is 2. The minimum absolute atomic E-state index is 0. The van der Waals surface area contributed by atoms with Gasteiger partial charge in [0.25, 0.3) is 0 Å². The van der Waals surface area contributed by atoms with E-state index in [1.807, 2.05) is 0 Å². The van der Waals surface area contributed by atoms with Gasteiger partial charge >= 0.3 is 0 Å². The van der Waals surface area contributed by atoms with Crippen LogP contribution in [0.15, 0.2) is 42.7 Å². The van der Waals surface area contributed by atoms with Gasteiger partial charge in [0.1, 0.15) is 0 Å². The van der Waals surface area contributed by atoms with Crippen molar-refractivity contribution in [1.82, 2.24) is 10.2 Å². The lowest BCUT2D eigenvalue weighted by Crippen LogP contribution is -2.45. The lowest BCUT2D eigenvalue weighted by Gasteiger charge is -2.40. The van der Waals surface area contributed by atoms with Gasteiger partial charge in [-0.2, -0.15) is 5.26 Å². The van der Waals surface area contributed by atoms with Crippen LogP contribution >= 0.6 is 0 Å². The summed E-state index contributed by atoms with van der Waals surface area (Å²) in [4.78, 5) is 2.31. The fourth-order valence-electron chi connectivity index (χ4n) is 3.80. The topological polar surface area (TPSA) is 48.3 Å². The second kappa shape index (κ2) is 10.1. The van der Waals surface area contributed by atoms with E-state index in [2.05, 4.69) is 47.1 Å². The van der Waals surface area contributed by atoms with Crippen molar-refractivity contribution in [2.75, 3.05) is 32.8 Å². The Morgan fingerprint density at radius 3 is 2.44 bits per heavy atom. The third-order valence-electron chi connectivity index (χ3n) is 5.22. The molecule has 0 spiro atoms. The highest BCUT2D eigenvalue weighted by molar-refractivity contribution is 5.27. The van der Waals surface area contributed by atoms with Crippen LogP contribution < -0.4 is 5.32 Å². The minimum Gasteiger partial charge on any atom is -0.378 e. The first-order chi connectivity index (χ1) is 12.2. The Bertz CT molecular complexity index is 558. The summed E-state index contributed by atoms with van der Waals surface area (Å²) in [5.41, 5.74) is 1.76. The third-order valence-corrected chi connectivity index (χ3v) is 5.22. The molecule has 3 rings (SSSR count). The zero-order valence-electron chi connectivity index (χ0n) is 15.5. The highest BCUT2D eigenvalue weighted by Crippen LogP contribution is 2.39. The molecule has 25 heavy (non-hydrogen) atoms. The van der Waals surface area contributed by atoms with Gasteiger partial charge < -0.3 is 15.0 Å². The van der Waals surface area contributed by atoms with Crippen LogP contribution in [-0.4, -0.2) is 37.7 Å². The molecule has 2 aliphatic rings. The van der Waals surface area contributed by atoms with Gasteiger partial charge in [0.15, 0.2) is 0 Å². The molecule has 1 aromatic rings. The van der Waals surface area contributed by atoms with Crippen molar-refractivity contribution in [2.45, 2.75) is 44.4 Å². The number of nitrogens with one attached hydrogen (secondary N) is 1. The van der Waals surface area contributed by atoms with Crippen LogP contribution in [0.3, 0.4) is 0 Å². The van der Waals surface area contributed by atoms with E-state index in [-0.39, 0.29) is 6.84 Å². The van der Waals surface area contributed by atoms with Crippen molar-refractivity contribution < 1.29 is 6.16 Å². The predicted octanol–water partition coefficient (Wildman–Crippen LogP) is 4.06. The van der Waals surface area contributed by atoms with Gasteiger partial charge in [-0.05, 0) is 18.4 Å². The van der Waals surface area contributed by atoms with E-state index in [4.69, 9.17) is 10.00 Å². The van der Waals surface area contributed by atoms with Crippen LogP contribution in [0, 0.1) is 11.3 Å². The Balaban J connectivity index is 0.000000791. The van der Waals surface area contributed by atoms with Crippen LogP contribution in [0.25, 0.3) is 0 Å². The maximum Gasteiger partial charge on any atom is 0.0940 e. The zero-order valence-corrected chi connectivity index (χ0v) is 15.5. The molecule has 1 N–H and O–H groups in total. The highest BCUT2D eigenvalue weighted by atomic mass is 16.5. The molecular formula is C21H33N3O. The molecule has 2 fully saturated rings. The molecule has 0 atom stereocenters. The van der Waals surface area contributed by atoms with Crippen LogP contribution in [-0.2, 0) is 10.2 Å². The average Bonchev–Trinajstić information content (AvgIpc) is 2.69. The van der Waals surface area contributed by atoms with Gasteiger partial charge in [-0.25, -0.2) is 0 Å². The second-order valence-electron chi connectivity index (χ2n) is 6.83. The molecule has 0 bridgehead atoms. The Morgan fingerprint density at radius 2 is 1.84 bits per heavy atom. The lowest BCUT2D eigenvalue weighted by molar-refractivity contribution is 0.0499. The molecule has 138 valence electrons. The quantitative estimate of drug-likeness (QED) is 0.876. The molecule has 4 heteroatoms. The molecule has 1 saturated carbocycles. The first-order valence-electron chi connectivity index (χ1n) is 9.34. The Labute approximate surface area is 154 Å². The summed E-state index contributed by atoms with van der Waals surface area (Å²) in [5, 5.41) is 11.0. The van der Waals surface area contributed by atoms with Crippen LogP contribution in [0.4, 0.5) is 0 Å². The normalized spacial score (nSPS) is 19.1. The summed E-state index contributed by atoms with van der Waals surface area (Å²) in [5.74, 6) is 1.06. The maximum atomic E-state index is 7.32. The van der Waals surface area contributed by atoms with Crippen molar-refractivity contribution in [2.24, 2.45) is 0 Å². The Hall–Kier alpha value is -1.99.